The van der Waals surface area contributed by atoms with E-state index < -0.39 is 15.8 Å². The Labute approximate surface area is 99.8 Å². The Morgan fingerprint density at radius 2 is 2.18 bits per heavy atom. The molecule has 0 aliphatic heterocycles. The maximum atomic E-state index is 13.3. The summed E-state index contributed by atoms with van der Waals surface area (Å²) in [6.45, 7) is 2.26. The van der Waals surface area contributed by atoms with Crippen LogP contribution in [0.2, 0.25) is 0 Å². The molecule has 7 heteroatoms. The van der Waals surface area contributed by atoms with Crippen LogP contribution in [0.25, 0.3) is 0 Å². The predicted octanol–water partition coefficient (Wildman–Crippen LogP) is 1.19. The second-order valence-corrected chi connectivity index (χ2v) is 5.20. The summed E-state index contributed by atoms with van der Waals surface area (Å²) in [5.74, 6) is -0.895. The van der Waals surface area contributed by atoms with Crippen LogP contribution in [0.3, 0.4) is 0 Å². The van der Waals surface area contributed by atoms with Crippen LogP contribution >= 0.6 is 0 Å². The largest absolute Gasteiger partial charge is 0.399 e. The van der Waals surface area contributed by atoms with Gasteiger partial charge in [-0.15, -0.1) is 0 Å². The van der Waals surface area contributed by atoms with Gasteiger partial charge in [0.05, 0.1) is 18.0 Å². The van der Waals surface area contributed by atoms with Crippen molar-refractivity contribution in [1.29, 1.82) is 0 Å². The fraction of sp³-hybridized carbons (Fsp3) is 0.400. The van der Waals surface area contributed by atoms with Crippen molar-refractivity contribution >= 4 is 21.4 Å². The van der Waals surface area contributed by atoms with Gasteiger partial charge >= 0.3 is 0 Å². The molecule has 0 saturated heterocycles. The maximum Gasteiger partial charge on any atom is 0.235 e. The molecular weight excluding hydrogens is 247 g/mol. The molecule has 0 spiro atoms. The number of benzene rings is 1. The van der Waals surface area contributed by atoms with E-state index in [2.05, 4.69) is 4.72 Å². The fourth-order valence-electron chi connectivity index (χ4n) is 1.15. The van der Waals surface area contributed by atoms with Crippen molar-refractivity contribution in [3.05, 3.63) is 24.0 Å². The van der Waals surface area contributed by atoms with Crippen LogP contribution in [0, 0.1) is 5.82 Å². The molecule has 0 aromatic heterocycles. The van der Waals surface area contributed by atoms with E-state index in [-0.39, 0.29) is 23.7 Å². The number of halogens is 1. The number of hydrogen-bond acceptors (Lipinski definition) is 4. The van der Waals surface area contributed by atoms with Gasteiger partial charge in [0.2, 0.25) is 10.0 Å². The van der Waals surface area contributed by atoms with Crippen molar-refractivity contribution in [2.24, 2.45) is 0 Å². The predicted molar refractivity (Wildman–Crippen MR) is 64.7 cm³/mol. The lowest BCUT2D eigenvalue weighted by molar-refractivity contribution is 0.163. The highest BCUT2D eigenvalue weighted by Gasteiger charge is 2.13. The van der Waals surface area contributed by atoms with Gasteiger partial charge in [-0.2, -0.15) is 0 Å². The molecule has 0 aliphatic rings. The third kappa shape index (κ3) is 4.58. The van der Waals surface area contributed by atoms with Crippen molar-refractivity contribution in [2.75, 3.05) is 29.4 Å². The number of hydrogen-bond donors (Lipinski definition) is 2. The van der Waals surface area contributed by atoms with E-state index in [1.165, 1.54) is 12.1 Å². The van der Waals surface area contributed by atoms with Crippen LogP contribution in [0.1, 0.15) is 6.92 Å². The Balaban J connectivity index is 2.72. The third-order valence-corrected chi connectivity index (χ3v) is 3.19. The second-order valence-electron chi connectivity index (χ2n) is 3.36. The summed E-state index contributed by atoms with van der Waals surface area (Å²) >= 11 is 0. The standard InChI is InChI=1S/C10H15FN2O3S/c1-2-16-5-6-17(14,15)13-10-7-8(12)3-4-9(10)11/h3-4,7,13H,2,5-6,12H2,1H3. The van der Waals surface area contributed by atoms with Gasteiger partial charge in [-0.3, -0.25) is 4.72 Å². The lowest BCUT2D eigenvalue weighted by atomic mass is 10.3. The fourth-order valence-corrected chi connectivity index (χ4v) is 2.08. The summed E-state index contributed by atoms with van der Waals surface area (Å²) in [6.07, 6.45) is 0. The van der Waals surface area contributed by atoms with Crippen LogP contribution in [0.4, 0.5) is 15.8 Å². The monoisotopic (exact) mass is 262 g/mol. The molecule has 3 N–H and O–H groups in total. The van der Waals surface area contributed by atoms with Gasteiger partial charge in [0.15, 0.2) is 0 Å². The summed E-state index contributed by atoms with van der Waals surface area (Å²) in [4.78, 5) is 0. The van der Waals surface area contributed by atoms with Gasteiger partial charge in [0.25, 0.3) is 0 Å². The molecule has 0 amide bonds. The molecule has 1 aromatic rings. The van der Waals surface area contributed by atoms with Crippen LogP contribution in [-0.4, -0.2) is 27.4 Å². The summed E-state index contributed by atoms with van der Waals surface area (Å²) < 4.78 is 43.4. The lowest BCUT2D eigenvalue weighted by Gasteiger charge is -2.09. The zero-order valence-electron chi connectivity index (χ0n) is 9.44. The summed E-state index contributed by atoms with van der Waals surface area (Å²) in [7, 11) is -3.62. The first-order valence-corrected chi connectivity index (χ1v) is 6.73. The Hall–Kier alpha value is -1.34. The molecule has 0 heterocycles. The molecule has 0 fully saturated rings. The zero-order chi connectivity index (χ0) is 12.9. The number of nitrogens with one attached hydrogen (secondary N) is 1. The number of sulfonamides is 1. The van der Waals surface area contributed by atoms with Gasteiger partial charge in [0, 0.05) is 12.3 Å². The first-order valence-electron chi connectivity index (χ1n) is 5.08. The molecule has 0 unspecified atom stereocenters. The van der Waals surface area contributed by atoms with E-state index >= 15 is 0 Å². The maximum absolute atomic E-state index is 13.3. The topological polar surface area (TPSA) is 81.4 Å². The van der Waals surface area contributed by atoms with Crippen LogP contribution in [0.15, 0.2) is 18.2 Å². The molecule has 0 atom stereocenters. The van der Waals surface area contributed by atoms with Crippen molar-refractivity contribution < 1.29 is 17.5 Å². The SMILES string of the molecule is CCOCCS(=O)(=O)Nc1cc(N)ccc1F. The minimum absolute atomic E-state index is 0.0652. The Bertz CT molecular complexity index is 476. The van der Waals surface area contributed by atoms with Crippen molar-refractivity contribution in [1.82, 2.24) is 0 Å². The molecule has 0 radical (unpaired) electrons. The highest BCUT2D eigenvalue weighted by Crippen LogP contribution is 2.18. The summed E-state index contributed by atoms with van der Waals surface area (Å²) in [6, 6.07) is 3.69. The van der Waals surface area contributed by atoms with Crippen LogP contribution in [-0.2, 0) is 14.8 Å². The summed E-state index contributed by atoms with van der Waals surface area (Å²) in [5, 5.41) is 0. The Kier molecular flexibility index (Phi) is 4.71. The average Bonchev–Trinajstić information content (AvgIpc) is 2.23. The quantitative estimate of drug-likeness (QED) is 0.596. The second kappa shape index (κ2) is 5.83. The molecular formula is C10H15FN2O3S. The van der Waals surface area contributed by atoms with Gasteiger partial charge < -0.3 is 10.5 Å². The van der Waals surface area contributed by atoms with E-state index in [4.69, 9.17) is 10.5 Å². The first-order chi connectivity index (χ1) is 7.94. The van der Waals surface area contributed by atoms with Gasteiger partial charge in [0.1, 0.15) is 5.82 Å². The Morgan fingerprint density at radius 3 is 2.82 bits per heavy atom. The summed E-state index contributed by atoms with van der Waals surface area (Å²) in [5.41, 5.74) is 5.58. The highest BCUT2D eigenvalue weighted by atomic mass is 32.2. The molecule has 1 rings (SSSR count). The number of anilines is 2. The van der Waals surface area contributed by atoms with Gasteiger partial charge in [-0.05, 0) is 25.1 Å². The van der Waals surface area contributed by atoms with E-state index in [0.29, 0.717) is 6.61 Å². The molecule has 5 nitrogen and oxygen atoms in total. The number of ether oxygens (including phenoxy) is 1. The lowest BCUT2D eigenvalue weighted by Crippen LogP contribution is -2.20. The van der Waals surface area contributed by atoms with Gasteiger partial charge in [-0.1, -0.05) is 0 Å². The Morgan fingerprint density at radius 1 is 1.47 bits per heavy atom. The first kappa shape index (κ1) is 13.7. The minimum Gasteiger partial charge on any atom is -0.399 e. The van der Waals surface area contributed by atoms with Crippen LogP contribution < -0.4 is 10.5 Å². The number of nitrogens with two attached hydrogens (primary N) is 1. The van der Waals surface area contributed by atoms with Crippen molar-refractivity contribution in [3.63, 3.8) is 0 Å². The van der Waals surface area contributed by atoms with E-state index in [0.717, 1.165) is 6.07 Å². The molecule has 0 bridgehead atoms. The normalized spacial score (nSPS) is 11.4. The molecule has 0 aliphatic carbocycles. The minimum atomic E-state index is -3.62. The molecule has 96 valence electrons. The molecule has 1 aromatic carbocycles. The van der Waals surface area contributed by atoms with Crippen molar-refractivity contribution in [3.8, 4) is 0 Å². The molecule has 17 heavy (non-hydrogen) atoms. The third-order valence-electron chi connectivity index (χ3n) is 1.96. The molecule has 0 saturated carbocycles. The van der Waals surface area contributed by atoms with Gasteiger partial charge in [-0.25, -0.2) is 12.8 Å². The smallest absolute Gasteiger partial charge is 0.235 e. The zero-order valence-corrected chi connectivity index (χ0v) is 10.3. The highest BCUT2D eigenvalue weighted by molar-refractivity contribution is 7.92. The van der Waals surface area contributed by atoms with E-state index in [1.54, 1.807) is 6.92 Å². The average molecular weight is 262 g/mol. The van der Waals surface area contributed by atoms with E-state index in [1.807, 2.05) is 0 Å². The van der Waals surface area contributed by atoms with Crippen molar-refractivity contribution in [2.45, 2.75) is 6.92 Å². The van der Waals surface area contributed by atoms with Crippen LogP contribution in [0.5, 0.6) is 0 Å². The van der Waals surface area contributed by atoms with E-state index in [9.17, 15) is 12.8 Å². The number of nitrogen functional groups attached to an aromatic ring is 1. The number of rotatable bonds is 6.